The number of allylic oxidation sites excluding steroid dienone is 1. The van der Waals surface area contributed by atoms with Gasteiger partial charge in [-0.15, -0.1) is 0 Å². The summed E-state index contributed by atoms with van der Waals surface area (Å²) in [6, 6.07) is 0. The Morgan fingerprint density at radius 1 is 1.17 bits per heavy atom. The van der Waals surface area contributed by atoms with Crippen molar-refractivity contribution in [1.29, 1.82) is 0 Å². The van der Waals surface area contributed by atoms with Crippen LogP contribution in [0.4, 0.5) is 0 Å². The number of nitrogens with zero attached hydrogens (tertiary/aromatic N) is 1. The minimum absolute atomic E-state index is 0. The summed E-state index contributed by atoms with van der Waals surface area (Å²) in [6.07, 6.45) is 6.47. The summed E-state index contributed by atoms with van der Waals surface area (Å²) in [7, 11) is 0. The largest absolute Gasteiger partial charge is 1.00 e. The molecule has 1 nitrogen and oxygen atoms in total. The summed E-state index contributed by atoms with van der Waals surface area (Å²) in [5, 5.41) is 0. The smallest absolute Gasteiger partial charge is 0.316 e. The monoisotopic (exact) mass is 161 g/mol. The summed E-state index contributed by atoms with van der Waals surface area (Å²) >= 11 is 0. The van der Waals surface area contributed by atoms with E-state index in [9.17, 15) is 0 Å². The van der Waals surface area contributed by atoms with Crippen molar-refractivity contribution in [2.24, 2.45) is 0 Å². The van der Waals surface area contributed by atoms with Crippen LogP contribution in [-0.2, 0) is 0 Å². The molecule has 0 aliphatic heterocycles. The van der Waals surface area contributed by atoms with Gasteiger partial charge in [0.2, 0.25) is 0 Å². The molecule has 0 saturated heterocycles. The van der Waals surface area contributed by atoms with E-state index in [1.807, 2.05) is 6.08 Å². The van der Waals surface area contributed by atoms with E-state index in [1.165, 1.54) is 25.9 Å². The van der Waals surface area contributed by atoms with E-state index < -0.39 is 0 Å². The average molecular weight is 161 g/mol. The van der Waals surface area contributed by atoms with Crippen LogP contribution in [0.15, 0.2) is 12.2 Å². The van der Waals surface area contributed by atoms with Crippen LogP contribution in [0.25, 0.3) is 0 Å². The molecule has 0 atom stereocenters. The fraction of sp³-hybridized carbons (Fsp3) is 0.700. The molecule has 0 rings (SSSR count). The Kier molecular flexibility index (Phi) is 13.7. The van der Waals surface area contributed by atoms with Crippen molar-refractivity contribution in [3.63, 3.8) is 0 Å². The second-order valence-corrected chi connectivity index (χ2v) is 2.77. The molecule has 0 aliphatic carbocycles. The van der Waals surface area contributed by atoms with Gasteiger partial charge in [-0.05, 0) is 32.5 Å². The van der Waals surface area contributed by atoms with Gasteiger partial charge in [0.25, 0.3) is 0 Å². The van der Waals surface area contributed by atoms with Crippen LogP contribution in [0.2, 0.25) is 0 Å². The van der Waals surface area contributed by atoms with Gasteiger partial charge in [-0.3, -0.25) is 0 Å². The third kappa shape index (κ3) is 8.27. The molecule has 0 aromatic heterocycles. The third-order valence-corrected chi connectivity index (χ3v) is 1.61. The first-order valence-electron chi connectivity index (χ1n) is 4.51. The van der Waals surface area contributed by atoms with Gasteiger partial charge in [0.15, 0.2) is 0 Å². The molecule has 0 heterocycles. The van der Waals surface area contributed by atoms with E-state index in [0.29, 0.717) is 0 Å². The summed E-state index contributed by atoms with van der Waals surface area (Å²) in [5.41, 5.74) is 0. The Morgan fingerprint density at radius 3 is 2.00 bits per heavy atom. The van der Waals surface area contributed by atoms with Gasteiger partial charge < -0.3 is 4.90 Å². The third-order valence-electron chi connectivity index (χ3n) is 1.61. The molecule has 0 saturated carbocycles. The predicted molar refractivity (Wildman–Crippen MR) is 51.5 cm³/mol. The summed E-state index contributed by atoms with van der Waals surface area (Å²) in [4.78, 5) is 2.45. The van der Waals surface area contributed by atoms with Crippen LogP contribution in [0.1, 0.15) is 26.7 Å². The molecule has 2 heteroatoms. The van der Waals surface area contributed by atoms with E-state index in [-0.39, 0.29) is 18.9 Å². The molecule has 66 valence electrons. The minimum atomic E-state index is 0. The maximum Gasteiger partial charge on any atom is 1.00 e. The molecule has 0 fully saturated rings. The SMILES string of the molecule is [CH2-]/C=C/CN(CCC)CCC.[Li+]. The van der Waals surface area contributed by atoms with E-state index >= 15 is 0 Å². The minimum Gasteiger partial charge on any atom is -0.316 e. The number of hydrogen-bond acceptors (Lipinski definition) is 1. The molecule has 0 spiro atoms. The zero-order chi connectivity index (χ0) is 8.53. The van der Waals surface area contributed by atoms with Crippen LogP contribution in [0.3, 0.4) is 0 Å². The summed E-state index contributed by atoms with van der Waals surface area (Å²) in [5.74, 6) is 0. The Morgan fingerprint density at radius 2 is 1.67 bits per heavy atom. The molecule has 0 amide bonds. The molecule has 0 aromatic rings. The van der Waals surface area contributed by atoms with Crippen LogP contribution in [0.5, 0.6) is 0 Å². The first kappa shape index (κ1) is 14.7. The molecular formula is C10H20LiN. The average Bonchev–Trinajstić information content (AvgIpc) is 2.01. The van der Waals surface area contributed by atoms with Gasteiger partial charge in [0.1, 0.15) is 0 Å². The molecule has 0 aliphatic rings. The standard InChI is InChI=1S/C10H20N.Li/c1-4-7-10-11(8-5-2)9-6-3;/h4,7H,1,5-6,8-10H2,2-3H3;/q-1;+1/b7-4+;. The normalized spacial score (nSPS) is 10.6. The zero-order valence-electron chi connectivity index (χ0n) is 8.84. The molecule has 0 radical (unpaired) electrons. The predicted octanol–water partition coefficient (Wildman–Crippen LogP) is -0.497. The quantitative estimate of drug-likeness (QED) is 0.375. The van der Waals surface area contributed by atoms with E-state index in [2.05, 4.69) is 31.7 Å². The fourth-order valence-electron chi connectivity index (χ4n) is 1.15. The van der Waals surface area contributed by atoms with Gasteiger partial charge in [-0.2, -0.15) is 0 Å². The van der Waals surface area contributed by atoms with Gasteiger partial charge in [-0.25, -0.2) is 19.1 Å². The maximum absolute atomic E-state index is 3.67. The van der Waals surface area contributed by atoms with Crippen molar-refractivity contribution in [2.45, 2.75) is 26.7 Å². The number of rotatable bonds is 6. The second kappa shape index (κ2) is 11.2. The van der Waals surface area contributed by atoms with Crippen molar-refractivity contribution in [3.8, 4) is 0 Å². The summed E-state index contributed by atoms with van der Waals surface area (Å²) < 4.78 is 0. The second-order valence-electron chi connectivity index (χ2n) is 2.77. The molecule has 0 unspecified atom stereocenters. The first-order valence-corrected chi connectivity index (χ1v) is 4.51. The number of hydrogen-bond donors (Lipinski definition) is 0. The van der Waals surface area contributed by atoms with Crippen LogP contribution >= 0.6 is 0 Å². The van der Waals surface area contributed by atoms with E-state index in [4.69, 9.17) is 0 Å². The van der Waals surface area contributed by atoms with Crippen LogP contribution in [0, 0.1) is 6.92 Å². The van der Waals surface area contributed by atoms with Crippen LogP contribution < -0.4 is 18.9 Å². The van der Waals surface area contributed by atoms with Crippen molar-refractivity contribution in [1.82, 2.24) is 4.90 Å². The van der Waals surface area contributed by atoms with Crippen molar-refractivity contribution in [3.05, 3.63) is 19.1 Å². The Hall–Kier alpha value is 0.167. The fourth-order valence-corrected chi connectivity index (χ4v) is 1.15. The maximum atomic E-state index is 3.67. The van der Waals surface area contributed by atoms with Crippen LogP contribution in [-0.4, -0.2) is 24.5 Å². The van der Waals surface area contributed by atoms with Crippen molar-refractivity contribution < 1.29 is 18.9 Å². The van der Waals surface area contributed by atoms with Gasteiger partial charge in [-0.1, -0.05) is 13.8 Å². The molecule has 12 heavy (non-hydrogen) atoms. The van der Waals surface area contributed by atoms with Gasteiger partial charge >= 0.3 is 18.9 Å². The Balaban J connectivity index is 0. The zero-order valence-corrected chi connectivity index (χ0v) is 8.84. The van der Waals surface area contributed by atoms with Gasteiger partial charge in [0, 0.05) is 0 Å². The molecular weight excluding hydrogens is 141 g/mol. The first-order chi connectivity index (χ1) is 5.35. The van der Waals surface area contributed by atoms with Gasteiger partial charge in [0.05, 0.1) is 0 Å². The molecule has 0 bridgehead atoms. The van der Waals surface area contributed by atoms with E-state index in [1.54, 1.807) is 0 Å². The Labute approximate surface area is 89.4 Å². The topological polar surface area (TPSA) is 3.24 Å². The van der Waals surface area contributed by atoms with E-state index in [0.717, 1.165) is 6.54 Å². The molecule has 0 N–H and O–H groups in total. The van der Waals surface area contributed by atoms with Crippen molar-refractivity contribution >= 4 is 0 Å². The summed E-state index contributed by atoms with van der Waals surface area (Å²) in [6.45, 7) is 11.6. The molecule has 0 aromatic carbocycles. The van der Waals surface area contributed by atoms with Crippen molar-refractivity contribution in [2.75, 3.05) is 19.6 Å². The Bertz CT molecular complexity index is 96.0.